The predicted molar refractivity (Wildman–Crippen MR) is 106 cm³/mol. The van der Waals surface area contributed by atoms with Crippen LogP contribution in [0.25, 0.3) is 22.3 Å². The summed E-state index contributed by atoms with van der Waals surface area (Å²) in [5, 5.41) is 0. The fraction of sp³-hybridized carbons (Fsp3) is 0.455. The highest BCUT2D eigenvalue weighted by Gasteiger charge is 2.15. The van der Waals surface area contributed by atoms with Crippen LogP contribution >= 0.6 is 0 Å². The number of hydrogen-bond acceptors (Lipinski definition) is 2. The fourth-order valence-electron chi connectivity index (χ4n) is 3.44. The topological polar surface area (TPSA) is 30.7 Å². The summed E-state index contributed by atoms with van der Waals surface area (Å²) in [6.45, 7) is 16.3. The van der Waals surface area contributed by atoms with Gasteiger partial charge in [-0.3, -0.25) is 4.98 Å². The lowest BCUT2D eigenvalue weighted by molar-refractivity contribution is 0.535. The van der Waals surface area contributed by atoms with Crippen LogP contribution in [0.5, 0.6) is 0 Å². The van der Waals surface area contributed by atoms with Gasteiger partial charge in [-0.1, -0.05) is 27.7 Å². The van der Waals surface area contributed by atoms with Gasteiger partial charge in [-0.05, 0) is 61.9 Å². The highest BCUT2D eigenvalue weighted by Crippen LogP contribution is 2.30. The number of fused-ring (bicyclic) bond motifs is 1. The molecule has 3 rings (SSSR count). The fourth-order valence-corrected chi connectivity index (χ4v) is 3.44. The van der Waals surface area contributed by atoms with Gasteiger partial charge < -0.3 is 4.57 Å². The van der Waals surface area contributed by atoms with Crippen LogP contribution in [0, 0.1) is 26.7 Å². The van der Waals surface area contributed by atoms with E-state index in [9.17, 15) is 0 Å². The predicted octanol–water partition coefficient (Wildman–Crippen LogP) is 5.80. The molecule has 0 radical (unpaired) electrons. The molecule has 0 spiro atoms. The summed E-state index contributed by atoms with van der Waals surface area (Å²) >= 11 is 0. The molecule has 25 heavy (non-hydrogen) atoms. The lowest BCUT2D eigenvalue weighted by atomic mass is 10.0. The molecule has 0 aliphatic carbocycles. The molecule has 3 heteroatoms. The Morgan fingerprint density at radius 1 is 0.960 bits per heavy atom. The van der Waals surface area contributed by atoms with Gasteiger partial charge in [0.15, 0.2) is 0 Å². The molecule has 0 amide bonds. The molecular formula is C22H29N3. The van der Waals surface area contributed by atoms with Crippen molar-refractivity contribution in [2.75, 3.05) is 0 Å². The van der Waals surface area contributed by atoms with Gasteiger partial charge in [0.05, 0.1) is 16.7 Å². The van der Waals surface area contributed by atoms with Gasteiger partial charge in [-0.25, -0.2) is 4.98 Å². The summed E-state index contributed by atoms with van der Waals surface area (Å²) in [6, 6.07) is 6.59. The largest absolute Gasteiger partial charge is 0.346 e. The van der Waals surface area contributed by atoms with Gasteiger partial charge in [-0.2, -0.15) is 0 Å². The van der Waals surface area contributed by atoms with Crippen LogP contribution in [0.2, 0.25) is 0 Å². The van der Waals surface area contributed by atoms with Crippen LogP contribution in [-0.2, 0) is 6.54 Å². The third kappa shape index (κ3) is 3.33. The van der Waals surface area contributed by atoms with E-state index in [1.165, 1.54) is 16.6 Å². The van der Waals surface area contributed by atoms with E-state index in [1.54, 1.807) is 0 Å². The van der Waals surface area contributed by atoms with Gasteiger partial charge in [0.2, 0.25) is 0 Å². The Morgan fingerprint density at radius 3 is 2.28 bits per heavy atom. The third-order valence-corrected chi connectivity index (χ3v) is 4.74. The second-order valence-electron chi connectivity index (χ2n) is 7.90. The Labute approximate surface area is 151 Å². The maximum Gasteiger partial charge on any atom is 0.0917 e. The van der Waals surface area contributed by atoms with E-state index in [0.717, 1.165) is 34.7 Å². The van der Waals surface area contributed by atoms with Crippen LogP contribution in [0.3, 0.4) is 0 Å². The number of aryl methyl sites for hydroxylation is 3. The Morgan fingerprint density at radius 2 is 1.68 bits per heavy atom. The summed E-state index contributed by atoms with van der Waals surface area (Å²) in [5.41, 5.74) is 9.17. The summed E-state index contributed by atoms with van der Waals surface area (Å²) in [7, 11) is 0. The summed E-state index contributed by atoms with van der Waals surface area (Å²) < 4.78 is 2.34. The van der Waals surface area contributed by atoms with Crippen LogP contribution < -0.4 is 0 Å². The molecule has 0 saturated heterocycles. The van der Waals surface area contributed by atoms with E-state index in [2.05, 4.69) is 77.4 Å². The quantitative estimate of drug-likeness (QED) is 0.603. The van der Waals surface area contributed by atoms with Crippen molar-refractivity contribution < 1.29 is 0 Å². The maximum atomic E-state index is 5.05. The molecule has 3 heterocycles. The first kappa shape index (κ1) is 17.7. The third-order valence-electron chi connectivity index (χ3n) is 4.74. The molecule has 0 fully saturated rings. The minimum Gasteiger partial charge on any atom is -0.346 e. The van der Waals surface area contributed by atoms with Crippen molar-refractivity contribution in [3.05, 3.63) is 46.9 Å². The maximum absolute atomic E-state index is 5.05. The first-order valence-electron chi connectivity index (χ1n) is 9.23. The van der Waals surface area contributed by atoms with Gasteiger partial charge in [0.1, 0.15) is 0 Å². The van der Waals surface area contributed by atoms with Crippen LogP contribution in [-0.4, -0.2) is 14.5 Å². The molecule has 0 bridgehead atoms. The number of pyridine rings is 2. The summed E-state index contributed by atoms with van der Waals surface area (Å²) in [5.74, 6) is 1.06. The molecule has 132 valence electrons. The van der Waals surface area contributed by atoms with E-state index in [-0.39, 0.29) is 0 Å². The van der Waals surface area contributed by atoms with E-state index >= 15 is 0 Å². The minimum absolute atomic E-state index is 0.441. The van der Waals surface area contributed by atoms with Crippen molar-refractivity contribution in [3.8, 4) is 11.3 Å². The molecule has 0 saturated carbocycles. The van der Waals surface area contributed by atoms with E-state index in [1.807, 2.05) is 0 Å². The number of rotatable bonds is 4. The van der Waals surface area contributed by atoms with Crippen LogP contribution in [0.1, 0.15) is 56.1 Å². The van der Waals surface area contributed by atoms with E-state index in [0.29, 0.717) is 11.8 Å². The Kier molecular flexibility index (Phi) is 4.68. The van der Waals surface area contributed by atoms with Crippen molar-refractivity contribution in [1.29, 1.82) is 0 Å². The number of hydrogen-bond donors (Lipinski definition) is 0. The number of aromatic nitrogens is 3. The minimum atomic E-state index is 0.441. The number of nitrogens with zero attached hydrogens (tertiary/aromatic N) is 3. The zero-order valence-corrected chi connectivity index (χ0v) is 16.5. The van der Waals surface area contributed by atoms with Gasteiger partial charge in [-0.15, -0.1) is 0 Å². The second-order valence-corrected chi connectivity index (χ2v) is 7.90. The Hall–Kier alpha value is -2.16. The Balaban J connectivity index is 2.15. The average molecular weight is 335 g/mol. The molecular weight excluding hydrogens is 306 g/mol. The van der Waals surface area contributed by atoms with Crippen molar-refractivity contribution >= 4 is 11.0 Å². The lowest BCUT2D eigenvalue weighted by Gasteiger charge is -2.13. The zero-order chi connectivity index (χ0) is 18.3. The molecule has 0 atom stereocenters. The Bertz CT molecular complexity index is 917. The van der Waals surface area contributed by atoms with Crippen LogP contribution in [0.15, 0.2) is 24.4 Å². The van der Waals surface area contributed by atoms with Crippen LogP contribution in [0.4, 0.5) is 0 Å². The SMILES string of the molecule is Cc1cc2c(nc1-c1ccc(C(C)C)nc1C)c(C)cn2CC(C)C. The van der Waals surface area contributed by atoms with Crippen molar-refractivity contribution in [2.45, 2.75) is 60.9 Å². The average Bonchev–Trinajstić information content (AvgIpc) is 2.81. The molecule has 3 aromatic heterocycles. The second kappa shape index (κ2) is 6.62. The van der Waals surface area contributed by atoms with Gasteiger partial charge >= 0.3 is 0 Å². The molecule has 3 aromatic rings. The molecule has 0 aliphatic rings. The molecule has 0 aromatic carbocycles. The molecule has 0 aliphatic heterocycles. The molecule has 0 N–H and O–H groups in total. The molecule has 3 nitrogen and oxygen atoms in total. The van der Waals surface area contributed by atoms with Gasteiger partial charge in [0.25, 0.3) is 0 Å². The normalized spacial score (nSPS) is 11.9. The van der Waals surface area contributed by atoms with E-state index < -0.39 is 0 Å². The first-order valence-corrected chi connectivity index (χ1v) is 9.23. The van der Waals surface area contributed by atoms with Crippen molar-refractivity contribution in [3.63, 3.8) is 0 Å². The highest BCUT2D eigenvalue weighted by atomic mass is 15.0. The summed E-state index contributed by atoms with van der Waals surface area (Å²) in [6.07, 6.45) is 2.23. The standard InChI is InChI=1S/C22H29N3/c1-13(2)11-25-12-16(6)22-20(25)10-15(5)21(24-22)18-8-9-19(14(3)4)23-17(18)7/h8-10,12-14H,11H2,1-7H3. The lowest BCUT2D eigenvalue weighted by Crippen LogP contribution is -2.03. The smallest absolute Gasteiger partial charge is 0.0917 e. The van der Waals surface area contributed by atoms with E-state index in [4.69, 9.17) is 9.97 Å². The summed E-state index contributed by atoms with van der Waals surface area (Å²) in [4.78, 5) is 9.84. The molecule has 0 unspecified atom stereocenters. The monoisotopic (exact) mass is 335 g/mol. The van der Waals surface area contributed by atoms with Gasteiger partial charge in [0, 0.05) is 29.7 Å². The first-order chi connectivity index (χ1) is 11.8. The van der Waals surface area contributed by atoms with Crippen molar-refractivity contribution in [2.24, 2.45) is 5.92 Å². The zero-order valence-electron chi connectivity index (χ0n) is 16.5. The van der Waals surface area contributed by atoms with Crippen molar-refractivity contribution in [1.82, 2.24) is 14.5 Å². The highest BCUT2D eigenvalue weighted by molar-refractivity contribution is 5.84.